The van der Waals surface area contributed by atoms with Crippen molar-refractivity contribution in [3.63, 3.8) is 0 Å². The maximum Gasteiger partial charge on any atom is 0.338 e. The minimum Gasteiger partial charge on any atom is -0.457 e. The van der Waals surface area contributed by atoms with Gasteiger partial charge in [-0.15, -0.1) is 0 Å². The molecule has 4 aliphatic heterocycles. The number of hydrogen-bond donors (Lipinski definition) is 0. The lowest BCUT2D eigenvalue weighted by Gasteiger charge is -2.33. The zero-order valence-electron chi connectivity index (χ0n) is 54.3. The maximum atomic E-state index is 15.0. The van der Waals surface area contributed by atoms with E-state index in [9.17, 15) is 19.2 Å². The fourth-order valence-electron chi connectivity index (χ4n) is 16.6. The van der Waals surface area contributed by atoms with Crippen molar-refractivity contribution in [2.45, 2.75) is 54.1 Å². The minimum absolute atomic E-state index is 0.0879. The van der Waals surface area contributed by atoms with E-state index in [4.69, 9.17) is 18.9 Å². The van der Waals surface area contributed by atoms with Gasteiger partial charge in [0.2, 0.25) is 13.4 Å². The zero-order chi connectivity index (χ0) is 66.2. The van der Waals surface area contributed by atoms with Gasteiger partial charge >= 0.3 is 23.9 Å². The van der Waals surface area contributed by atoms with Gasteiger partial charge in [0.05, 0.1) is 22.3 Å². The molecule has 466 valence electrons. The Morgan fingerprint density at radius 1 is 0.265 bits per heavy atom. The Morgan fingerprint density at radius 3 is 0.888 bits per heavy atom. The Labute approximate surface area is 567 Å². The number of aryl methyl sites for hydroxylation is 4. The number of esters is 4. The van der Waals surface area contributed by atoms with Crippen molar-refractivity contribution in [2.75, 3.05) is 0 Å². The normalized spacial score (nSPS) is 12.4. The Bertz CT molecular complexity index is 5370. The second-order valence-corrected chi connectivity index (χ2v) is 26.7. The van der Waals surface area contributed by atoms with Gasteiger partial charge in [-0.25, -0.2) is 19.2 Å². The van der Waals surface area contributed by atoms with Crippen LogP contribution < -0.4 is 32.8 Å². The first-order valence-corrected chi connectivity index (χ1v) is 33.4. The van der Waals surface area contributed by atoms with Crippen LogP contribution in [0.3, 0.4) is 0 Å². The van der Waals surface area contributed by atoms with Crippen LogP contribution in [0.25, 0.3) is 99.1 Å². The van der Waals surface area contributed by atoms with Gasteiger partial charge in [-0.3, -0.25) is 0 Å². The minimum atomic E-state index is -0.459. The number of fused-ring (bicyclic) bond motifs is 10. The Hall–Kier alpha value is -11.9. The largest absolute Gasteiger partial charge is 0.457 e. The average molecular weight is 1270 g/mol. The molecule has 0 spiro atoms. The third-order valence-corrected chi connectivity index (χ3v) is 20.9. The molecule has 0 radical (unpaired) electrons. The van der Waals surface area contributed by atoms with Crippen molar-refractivity contribution in [3.05, 3.63) is 309 Å². The fourth-order valence-corrected chi connectivity index (χ4v) is 16.6. The van der Waals surface area contributed by atoms with Crippen LogP contribution in [-0.2, 0) is 45.4 Å². The molecule has 0 fully saturated rings. The summed E-state index contributed by atoms with van der Waals surface area (Å²) in [6.07, 6.45) is 0. The van der Waals surface area contributed by atoms with Crippen molar-refractivity contribution in [2.24, 2.45) is 0 Å². The van der Waals surface area contributed by atoms with Crippen molar-refractivity contribution < 1.29 is 38.1 Å². The van der Waals surface area contributed by atoms with Crippen LogP contribution in [0.1, 0.15) is 85.9 Å². The predicted molar refractivity (Wildman–Crippen MR) is 393 cm³/mol. The first kappa shape index (κ1) is 58.7. The summed E-state index contributed by atoms with van der Waals surface area (Å²) >= 11 is 0. The van der Waals surface area contributed by atoms with Gasteiger partial charge in [-0.1, -0.05) is 215 Å². The molecule has 4 heterocycles. The van der Waals surface area contributed by atoms with E-state index in [1.807, 2.05) is 170 Å². The zero-order valence-corrected chi connectivity index (χ0v) is 54.3. The number of carbonyl (C=O) groups excluding carboxylic acids is 4. The molecule has 0 amide bonds. The topological polar surface area (TPSA) is 105 Å². The molecule has 0 aromatic heterocycles. The highest BCUT2D eigenvalue weighted by molar-refractivity contribution is 7.03. The highest BCUT2D eigenvalue weighted by Gasteiger charge is 2.46. The van der Waals surface area contributed by atoms with Crippen LogP contribution in [0, 0.1) is 27.7 Å². The molecule has 98 heavy (non-hydrogen) atoms. The molecular weight excluding hydrogens is 1210 g/mol. The number of rotatable bonds is 14. The standard InChI is InChI=1S/C88H60B2O8/c1-49-19-17-20-50(2)77(49)63-41-65-71-39-59(87(93)97-47-55-27-13-7-14-28-55)37-69-61-35-58(86(92)96-46-54-25-11-6-12-26-54)32-34-74(61)90(83(69)71)76-44-68-64(78-51(3)21-18-22-52(78)4)42-66-72-40-60(88(94)98-48-56-29-15-8-16-30-56)38-70-62-36-57(85(91)95-45-53-23-9-5-10-24-53)31-33-73(62)89(84(70)72)75-43-67(63)81(79(65)76)82(68)80(66)75/h5-44H,45-48H2,1-4H3. The summed E-state index contributed by atoms with van der Waals surface area (Å²) in [5.41, 5.74) is 27.5. The SMILES string of the molecule is Cc1cccc(C)c1-c1cc2c3c(cc4c(-c5c(C)cccc5C)cc5c6c(cc1c3c46)B1c3ccc(C(=O)OCc4ccccc4)cc3-c3cc(C(=O)OCc4ccccc4)cc-5c31)B1c3ccc(C(=O)OCc4ccccc4)cc3-c3cc(C(=O)OCc4ccccc4)cc-2c31. The van der Waals surface area contributed by atoms with Crippen molar-refractivity contribution in [1.82, 2.24) is 0 Å². The molecule has 10 heteroatoms. The first-order valence-electron chi connectivity index (χ1n) is 33.4. The van der Waals surface area contributed by atoms with Crippen molar-refractivity contribution in [3.8, 4) is 66.8 Å². The number of benzene rings is 14. The summed E-state index contributed by atoms with van der Waals surface area (Å²) in [4.78, 5) is 58.6. The van der Waals surface area contributed by atoms with Gasteiger partial charge in [0.15, 0.2) is 0 Å². The van der Waals surface area contributed by atoms with Crippen LogP contribution >= 0.6 is 0 Å². The lowest BCUT2D eigenvalue weighted by atomic mass is 9.34. The van der Waals surface area contributed by atoms with E-state index in [1.54, 1.807) is 0 Å². The highest BCUT2D eigenvalue weighted by atomic mass is 16.5. The molecule has 0 bridgehead atoms. The van der Waals surface area contributed by atoms with Gasteiger partial charge in [-0.05, 0) is 232 Å². The third-order valence-electron chi connectivity index (χ3n) is 20.9. The summed E-state index contributed by atoms with van der Waals surface area (Å²) in [6.45, 7) is 8.51. The molecule has 0 aliphatic carbocycles. The summed E-state index contributed by atoms with van der Waals surface area (Å²) < 4.78 is 24.5. The predicted octanol–water partition coefficient (Wildman–Crippen LogP) is 15.5. The second-order valence-electron chi connectivity index (χ2n) is 26.7. The first-order chi connectivity index (χ1) is 47.9. The molecular formula is C88H60B2O8. The van der Waals surface area contributed by atoms with E-state index in [1.165, 1.54) is 0 Å². The third kappa shape index (κ3) is 9.29. The Kier molecular flexibility index (Phi) is 13.7. The lowest BCUT2D eigenvalue weighted by molar-refractivity contribution is 0.0464. The monoisotopic (exact) mass is 1270 g/mol. The lowest BCUT2D eigenvalue weighted by Crippen LogP contribution is -2.53. The number of hydrogen-bond acceptors (Lipinski definition) is 8. The van der Waals surface area contributed by atoms with Crippen LogP contribution in [0.4, 0.5) is 0 Å². The fraction of sp³-hybridized carbons (Fsp3) is 0.0909. The van der Waals surface area contributed by atoms with E-state index >= 15 is 0 Å². The smallest absolute Gasteiger partial charge is 0.338 e. The summed E-state index contributed by atoms with van der Waals surface area (Å²) in [7, 11) is 0. The molecule has 0 N–H and O–H groups in total. The maximum absolute atomic E-state index is 15.0. The molecule has 8 nitrogen and oxygen atoms in total. The molecule has 0 saturated carbocycles. The van der Waals surface area contributed by atoms with Crippen molar-refractivity contribution >= 4 is 102 Å². The van der Waals surface area contributed by atoms with Gasteiger partial charge < -0.3 is 18.9 Å². The highest BCUT2D eigenvalue weighted by Crippen LogP contribution is 2.52. The van der Waals surface area contributed by atoms with E-state index in [-0.39, 0.29) is 39.9 Å². The van der Waals surface area contributed by atoms with Crippen LogP contribution in [0.5, 0.6) is 0 Å². The molecule has 18 rings (SSSR count). The summed E-state index contributed by atoms with van der Waals surface area (Å²) in [5, 5.41) is 6.50. The molecule has 14 aromatic rings. The van der Waals surface area contributed by atoms with Gasteiger partial charge in [0.1, 0.15) is 26.4 Å². The van der Waals surface area contributed by atoms with E-state index in [0.717, 1.165) is 176 Å². The summed E-state index contributed by atoms with van der Waals surface area (Å²) in [6, 6.07) is 81.4. The van der Waals surface area contributed by atoms with E-state index in [0.29, 0.717) is 22.3 Å². The molecule has 0 atom stereocenters. The van der Waals surface area contributed by atoms with Crippen LogP contribution in [-0.4, -0.2) is 37.3 Å². The molecule has 0 unspecified atom stereocenters. The Balaban J connectivity index is 0.933. The molecule has 0 saturated heterocycles. The van der Waals surface area contributed by atoms with Crippen molar-refractivity contribution in [1.29, 1.82) is 0 Å². The molecule has 4 aliphatic rings. The molecule has 14 aromatic carbocycles. The van der Waals surface area contributed by atoms with E-state index < -0.39 is 23.9 Å². The van der Waals surface area contributed by atoms with Gasteiger partial charge in [0, 0.05) is 0 Å². The summed E-state index contributed by atoms with van der Waals surface area (Å²) in [5.74, 6) is -1.81. The number of ether oxygens (including phenoxy) is 4. The second kappa shape index (κ2) is 22.9. The van der Waals surface area contributed by atoms with Gasteiger partial charge in [0.25, 0.3) is 0 Å². The van der Waals surface area contributed by atoms with E-state index in [2.05, 4.69) is 100 Å². The number of carbonyl (C=O) groups is 4. The average Bonchev–Trinajstić information content (AvgIpc) is 1.23. The van der Waals surface area contributed by atoms with Crippen LogP contribution in [0.2, 0.25) is 0 Å². The Morgan fingerprint density at radius 2 is 0.561 bits per heavy atom. The van der Waals surface area contributed by atoms with Crippen LogP contribution in [0.15, 0.2) is 243 Å². The van der Waals surface area contributed by atoms with Gasteiger partial charge in [-0.2, -0.15) is 0 Å². The quantitative estimate of drug-likeness (QED) is 0.0459.